The molecule has 6 heteroatoms. The maximum Gasteiger partial charge on any atom is 0.407 e. The molecule has 150 valence electrons. The first-order valence-corrected chi connectivity index (χ1v) is 9.54. The first-order chi connectivity index (χ1) is 12.8. The second-order valence-electron chi connectivity index (χ2n) is 8.11. The number of nitrogens with one attached hydrogen (secondary N) is 1. The molecule has 0 aromatic heterocycles. The minimum atomic E-state index is -0.646. The zero-order chi connectivity index (χ0) is 19.9. The Morgan fingerprint density at radius 3 is 2.33 bits per heavy atom. The summed E-state index contributed by atoms with van der Waals surface area (Å²) in [4.78, 5) is 24.2. The summed E-state index contributed by atoms with van der Waals surface area (Å²) in [5.41, 5.74) is 0.337. The molecular formula is C21H30FNO4. The number of esters is 1. The third-order valence-corrected chi connectivity index (χ3v) is 4.77. The van der Waals surface area contributed by atoms with E-state index in [-0.39, 0.29) is 24.4 Å². The van der Waals surface area contributed by atoms with Crippen LogP contribution in [0.1, 0.15) is 52.0 Å². The maximum atomic E-state index is 13.4. The van der Waals surface area contributed by atoms with Gasteiger partial charge >= 0.3 is 12.1 Å². The number of amides is 1. The summed E-state index contributed by atoms with van der Waals surface area (Å²) in [6, 6.07) is 8.98. The van der Waals surface area contributed by atoms with E-state index in [1.54, 1.807) is 20.8 Å². The van der Waals surface area contributed by atoms with Crippen LogP contribution < -0.4 is 5.32 Å². The van der Waals surface area contributed by atoms with Crippen molar-refractivity contribution in [3.8, 4) is 0 Å². The number of rotatable bonds is 6. The van der Waals surface area contributed by atoms with Crippen LogP contribution in [0.5, 0.6) is 0 Å². The number of hydrogen-bond donors (Lipinski definition) is 1. The first kappa shape index (κ1) is 21.2. The Morgan fingerprint density at radius 2 is 1.78 bits per heavy atom. The molecule has 1 fully saturated rings. The number of halogens is 1. The summed E-state index contributed by atoms with van der Waals surface area (Å²) in [7, 11) is 0. The molecule has 1 N–H and O–H groups in total. The molecule has 0 saturated heterocycles. The lowest BCUT2D eigenvalue weighted by Gasteiger charge is -2.32. The van der Waals surface area contributed by atoms with Crippen LogP contribution >= 0.6 is 0 Å². The summed E-state index contributed by atoms with van der Waals surface area (Å²) in [6.45, 7) is 4.93. The van der Waals surface area contributed by atoms with Crippen LogP contribution in [0.2, 0.25) is 0 Å². The van der Waals surface area contributed by atoms with E-state index in [1.807, 2.05) is 30.3 Å². The largest absolute Gasteiger partial charge is 0.461 e. The van der Waals surface area contributed by atoms with Crippen molar-refractivity contribution in [2.75, 3.05) is 6.67 Å². The standard InChI is InChI=1S/C21H30FNO4/c1-21(2,3)27-20(25)23-18(13-22)16-9-11-17(12-10-16)19(24)26-14-15-7-5-4-6-8-15/h4-8,16-18H,9-14H2,1-3H3,(H,23,25)/t16-,17-,18-/m0/s1. The number of ether oxygens (including phenoxy) is 2. The quantitative estimate of drug-likeness (QED) is 0.744. The molecule has 1 aromatic carbocycles. The van der Waals surface area contributed by atoms with E-state index in [2.05, 4.69) is 5.32 Å². The van der Waals surface area contributed by atoms with Crippen molar-refractivity contribution in [1.82, 2.24) is 5.32 Å². The summed E-state index contributed by atoms with van der Waals surface area (Å²) >= 11 is 0. The first-order valence-electron chi connectivity index (χ1n) is 9.54. The Morgan fingerprint density at radius 1 is 1.15 bits per heavy atom. The van der Waals surface area contributed by atoms with Crippen molar-refractivity contribution >= 4 is 12.1 Å². The van der Waals surface area contributed by atoms with E-state index in [0.717, 1.165) is 5.56 Å². The van der Waals surface area contributed by atoms with Crippen LogP contribution in [0, 0.1) is 11.8 Å². The summed E-state index contributed by atoms with van der Waals surface area (Å²) < 4.78 is 24.0. The highest BCUT2D eigenvalue weighted by atomic mass is 19.1. The van der Waals surface area contributed by atoms with E-state index in [0.29, 0.717) is 25.7 Å². The van der Waals surface area contributed by atoms with Gasteiger partial charge < -0.3 is 14.8 Å². The topological polar surface area (TPSA) is 64.6 Å². The second-order valence-corrected chi connectivity index (χ2v) is 8.11. The van der Waals surface area contributed by atoms with Gasteiger partial charge in [-0.25, -0.2) is 9.18 Å². The van der Waals surface area contributed by atoms with E-state index in [1.165, 1.54) is 0 Å². The molecule has 5 nitrogen and oxygen atoms in total. The van der Waals surface area contributed by atoms with Crippen molar-refractivity contribution in [3.05, 3.63) is 35.9 Å². The van der Waals surface area contributed by atoms with Crippen LogP contribution in [-0.4, -0.2) is 30.4 Å². The molecule has 1 amide bonds. The summed E-state index contributed by atoms with van der Waals surface area (Å²) in [6.07, 6.45) is 2.04. The van der Waals surface area contributed by atoms with Crippen LogP contribution in [0.4, 0.5) is 9.18 Å². The number of carbonyl (C=O) groups excluding carboxylic acids is 2. The van der Waals surface area contributed by atoms with Crippen molar-refractivity contribution in [1.29, 1.82) is 0 Å². The zero-order valence-electron chi connectivity index (χ0n) is 16.4. The Hall–Kier alpha value is -2.11. The molecule has 1 saturated carbocycles. The number of alkyl carbamates (subject to hydrolysis) is 1. The van der Waals surface area contributed by atoms with Crippen LogP contribution in [-0.2, 0) is 20.9 Å². The molecule has 1 aromatic rings. The second kappa shape index (κ2) is 9.72. The van der Waals surface area contributed by atoms with Gasteiger partial charge in [0.25, 0.3) is 0 Å². The van der Waals surface area contributed by atoms with Gasteiger partial charge in [0.2, 0.25) is 0 Å². The Balaban J connectivity index is 1.77. The molecule has 0 aliphatic heterocycles. The highest BCUT2D eigenvalue weighted by Crippen LogP contribution is 2.32. The Bertz CT molecular complexity index is 606. The molecule has 1 atom stereocenters. The molecule has 1 aliphatic carbocycles. The SMILES string of the molecule is CC(C)(C)OC(=O)N[C@@H](CF)[C@H]1CC[C@H](C(=O)OCc2ccccc2)CC1. The average molecular weight is 379 g/mol. The van der Waals surface area contributed by atoms with Gasteiger partial charge in [0.15, 0.2) is 0 Å². The van der Waals surface area contributed by atoms with Crippen LogP contribution in [0.15, 0.2) is 30.3 Å². The molecule has 0 bridgehead atoms. The minimum absolute atomic E-state index is 0.000640. The van der Waals surface area contributed by atoms with Gasteiger partial charge in [0.1, 0.15) is 18.9 Å². The average Bonchev–Trinajstić information content (AvgIpc) is 2.64. The number of carbonyl (C=O) groups is 2. The predicted molar refractivity (Wildman–Crippen MR) is 101 cm³/mol. The van der Waals surface area contributed by atoms with Gasteiger partial charge in [-0.1, -0.05) is 30.3 Å². The van der Waals surface area contributed by atoms with Gasteiger partial charge in [0.05, 0.1) is 12.0 Å². The van der Waals surface area contributed by atoms with Gasteiger partial charge in [0, 0.05) is 0 Å². The lowest BCUT2D eigenvalue weighted by Crippen LogP contribution is -2.45. The minimum Gasteiger partial charge on any atom is -0.461 e. The lowest BCUT2D eigenvalue weighted by molar-refractivity contribution is -0.151. The normalized spacial score (nSPS) is 21.2. The Kier molecular flexibility index (Phi) is 7.63. The fourth-order valence-electron chi connectivity index (χ4n) is 3.35. The van der Waals surface area contributed by atoms with Gasteiger partial charge in [-0.05, 0) is 57.9 Å². The van der Waals surface area contributed by atoms with Crippen LogP contribution in [0.25, 0.3) is 0 Å². The summed E-state index contributed by atoms with van der Waals surface area (Å²) in [5.74, 6) is -0.360. The maximum absolute atomic E-state index is 13.4. The van der Waals surface area contributed by atoms with Crippen molar-refractivity contribution in [3.63, 3.8) is 0 Å². The fourth-order valence-corrected chi connectivity index (χ4v) is 3.35. The predicted octanol–water partition coefficient (Wildman–Crippen LogP) is 4.40. The Labute approximate surface area is 160 Å². The zero-order valence-corrected chi connectivity index (χ0v) is 16.4. The number of hydrogen-bond acceptors (Lipinski definition) is 4. The fraction of sp³-hybridized carbons (Fsp3) is 0.619. The van der Waals surface area contributed by atoms with Crippen molar-refractivity contribution in [2.45, 2.75) is 64.7 Å². The number of alkyl halides is 1. The molecule has 0 spiro atoms. The monoisotopic (exact) mass is 379 g/mol. The summed E-state index contributed by atoms with van der Waals surface area (Å²) in [5, 5.41) is 2.63. The van der Waals surface area contributed by atoms with Crippen LogP contribution in [0.3, 0.4) is 0 Å². The molecule has 1 aliphatic rings. The van der Waals surface area contributed by atoms with E-state index >= 15 is 0 Å². The molecular weight excluding hydrogens is 349 g/mol. The lowest BCUT2D eigenvalue weighted by atomic mass is 9.79. The third kappa shape index (κ3) is 7.19. The molecule has 0 radical (unpaired) electrons. The third-order valence-electron chi connectivity index (χ3n) is 4.77. The molecule has 2 rings (SSSR count). The van der Waals surface area contributed by atoms with E-state index < -0.39 is 24.4 Å². The highest BCUT2D eigenvalue weighted by Gasteiger charge is 2.33. The van der Waals surface area contributed by atoms with E-state index in [4.69, 9.17) is 9.47 Å². The van der Waals surface area contributed by atoms with E-state index in [9.17, 15) is 14.0 Å². The van der Waals surface area contributed by atoms with Gasteiger partial charge in [-0.15, -0.1) is 0 Å². The van der Waals surface area contributed by atoms with Gasteiger partial charge in [-0.2, -0.15) is 0 Å². The van der Waals surface area contributed by atoms with Crippen molar-refractivity contribution in [2.24, 2.45) is 11.8 Å². The smallest absolute Gasteiger partial charge is 0.407 e. The molecule has 0 unspecified atom stereocenters. The number of benzene rings is 1. The molecule has 27 heavy (non-hydrogen) atoms. The van der Waals surface area contributed by atoms with Gasteiger partial charge in [-0.3, -0.25) is 4.79 Å². The van der Waals surface area contributed by atoms with Crippen molar-refractivity contribution < 1.29 is 23.5 Å². The highest BCUT2D eigenvalue weighted by molar-refractivity contribution is 5.72. The molecule has 0 heterocycles.